The maximum atomic E-state index is 11.6. The molecule has 1 N–H and O–H groups in total. The molecule has 96 valence electrons. The van der Waals surface area contributed by atoms with Gasteiger partial charge in [0.15, 0.2) is 0 Å². The maximum absolute atomic E-state index is 11.6. The lowest BCUT2D eigenvalue weighted by Gasteiger charge is -2.47. The van der Waals surface area contributed by atoms with Gasteiger partial charge >= 0.3 is 5.97 Å². The lowest BCUT2D eigenvalue weighted by atomic mass is 9.59. The van der Waals surface area contributed by atoms with Gasteiger partial charge in [-0.15, -0.1) is 0 Å². The van der Waals surface area contributed by atoms with Gasteiger partial charge in [0.05, 0.1) is 6.10 Å². The minimum Gasteiger partial charge on any atom is -0.450 e. The Kier molecular flexibility index (Phi) is 2.33. The van der Waals surface area contributed by atoms with E-state index in [1.807, 2.05) is 6.08 Å². The van der Waals surface area contributed by atoms with Crippen molar-refractivity contribution in [3.05, 3.63) is 34.9 Å². The zero-order valence-corrected chi connectivity index (χ0v) is 10.9. The molecule has 4 unspecified atom stereocenters. The Morgan fingerprint density at radius 3 is 2.94 bits per heavy atom. The lowest BCUT2D eigenvalue weighted by Crippen LogP contribution is -2.46. The fourth-order valence-electron chi connectivity index (χ4n) is 3.34. The number of carbonyl (C=O) groups excluding carboxylic acids is 1. The van der Waals surface area contributed by atoms with E-state index >= 15 is 0 Å². The topological polar surface area (TPSA) is 46.5 Å². The second kappa shape index (κ2) is 3.58. The molecule has 0 radical (unpaired) electrons. The Morgan fingerprint density at radius 1 is 1.50 bits per heavy atom. The van der Waals surface area contributed by atoms with Crippen LogP contribution in [-0.4, -0.2) is 23.3 Å². The standard InChI is InChI=1S/C15H18O3/c1-8-5-4-6-10-7-11-12(9(2)14(17)18-11)13(16)15(8,10)3/h4,6-8,11,13,16H,5H2,1-3H3. The summed E-state index contributed by atoms with van der Waals surface area (Å²) < 4.78 is 5.29. The number of ether oxygens (including phenoxy) is 1. The van der Waals surface area contributed by atoms with Gasteiger partial charge in [-0.05, 0) is 30.9 Å². The van der Waals surface area contributed by atoms with E-state index in [0.29, 0.717) is 11.5 Å². The normalized spacial score (nSPS) is 42.3. The fourth-order valence-corrected chi connectivity index (χ4v) is 3.34. The SMILES string of the molecule is CC1=C2C(C=C3C=CCC(C)C3(C)C2O)OC1=O. The molecule has 1 heterocycles. The first kappa shape index (κ1) is 11.7. The zero-order valence-electron chi connectivity index (χ0n) is 10.9. The fraction of sp³-hybridized carbons (Fsp3) is 0.533. The number of hydrogen-bond donors (Lipinski definition) is 1. The third-order valence-electron chi connectivity index (χ3n) is 4.91. The van der Waals surface area contributed by atoms with Gasteiger partial charge in [0.1, 0.15) is 6.10 Å². The summed E-state index contributed by atoms with van der Waals surface area (Å²) >= 11 is 0. The van der Waals surface area contributed by atoms with Crippen LogP contribution in [0.2, 0.25) is 0 Å². The predicted octanol–water partition coefficient (Wildman–Crippen LogP) is 2.13. The van der Waals surface area contributed by atoms with Crippen LogP contribution in [0.5, 0.6) is 0 Å². The summed E-state index contributed by atoms with van der Waals surface area (Å²) in [5.41, 5.74) is 2.11. The lowest BCUT2D eigenvalue weighted by molar-refractivity contribution is -0.138. The Morgan fingerprint density at radius 2 is 2.22 bits per heavy atom. The predicted molar refractivity (Wildman–Crippen MR) is 67.7 cm³/mol. The highest BCUT2D eigenvalue weighted by Gasteiger charge is 2.51. The largest absolute Gasteiger partial charge is 0.450 e. The molecule has 3 aliphatic rings. The molecule has 0 spiro atoms. The first-order chi connectivity index (χ1) is 8.46. The summed E-state index contributed by atoms with van der Waals surface area (Å²) in [7, 11) is 0. The summed E-state index contributed by atoms with van der Waals surface area (Å²) in [6.45, 7) is 5.97. The van der Waals surface area contributed by atoms with E-state index in [1.165, 1.54) is 0 Å². The van der Waals surface area contributed by atoms with Crippen molar-refractivity contribution < 1.29 is 14.6 Å². The van der Waals surface area contributed by atoms with Crippen molar-refractivity contribution in [1.29, 1.82) is 0 Å². The van der Waals surface area contributed by atoms with Crippen LogP contribution in [0.4, 0.5) is 0 Å². The monoisotopic (exact) mass is 246 g/mol. The van der Waals surface area contributed by atoms with Crippen LogP contribution in [0.15, 0.2) is 34.9 Å². The number of carbonyl (C=O) groups is 1. The van der Waals surface area contributed by atoms with Crippen LogP contribution in [0.1, 0.15) is 27.2 Å². The van der Waals surface area contributed by atoms with E-state index < -0.39 is 6.10 Å². The van der Waals surface area contributed by atoms with Crippen molar-refractivity contribution in [3.63, 3.8) is 0 Å². The van der Waals surface area contributed by atoms with Crippen molar-refractivity contribution in [2.75, 3.05) is 0 Å². The molecule has 0 amide bonds. The number of esters is 1. The number of hydrogen-bond acceptors (Lipinski definition) is 3. The molecule has 0 fully saturated rings. The van der Waals surface area contributed by atoms with Crippen LogP contribution in [0, 0.1) is 11.3 Å². The molecule has 0 saturated heterocycles. The van der Waals surface area contributed by atoms with E-state index in [9.17, 15) is 9.90 Å². The second-order valence-electron chi connectivity index (χ2n) is 5.75. The number of aliphatic hydroxyl groups excluding tert-OH is 1. The molecule has 0 bridgehead atoms. The molecular formula is C15H18O3. The van der Waals surface area contributed by atoms with Gasteiger partial charge in [0.2, 0.25) is 0 Å². The molecule has 3 heteroatoms. The molecular weight excluding hydrogens is 228 g/mol. The molecule has 2 aliphatic carbocycles. The smallest absolute Gasteiger partial charge is 0.334 e. The molecule has 1 aliphatic heterocycles. The Bertz CT molecular complexity index is 512. The molecule has 4 atom stereocenters. The van der Waals surface area contributed by atoms with E-state index in [2.05, 4.69) is 26.0 Å². The third kappa shape index (κ3) is 1.25. The van der Waals surface area contributed by atoms with Crippen molar-refractivity contribution in [1.82, 2.24) is 0 Å². The van der Waals surface area contributed by atoms with E-state index in [4.69, 9.17) is 4.74 Å². The third-order valence-corrected chi connectivity index (χ3v) is 4.91. The van der Waals surface area contributed by atoms with Crippen LogP contribution in [0.3, 0.4) is 0 Å². The average molecular weight is 246 g/mol. The Labute approximate surface area is 107 Å². The maximum Gasteiger partial charge on any atom is 0.334 e. The number of rotatable bonds is 0. The minimum atomic E-state index is -0.631. The van der Waals surface area contributed by atoms with E-state index in [0.717, 1.165) is 17.6 Å². The van der Waals surface area contributed by atoms with Crippen molar-refractivity contribution in [3.8, 4) is 0 Å². The first-order valence-corrected chi connectivity index (χ1v) is 6.44. The first-order valence-electron chi connectivity index (χ1n) is 6.44. The highest BCUT2D eigenvalue weighted by Crippen LogP contribution is 2.51. The van der Waals surface area contributed by atoms with Crippen molar-refractivity contribution >= 4 is 5.97 Å². The van der Waals surface area contributed by atoms with Gasteiger partial charge in [-0.25, -0.2) is 4.79 Å². The summed E-state index contributed by atoms with van der Waals surface area (Å²) in [4.78, 5) is 11.6. The van der Waals surface area contributed by atoms with E-state index in [1.54, 1.807) is 6.92 Å². The average Bonchev–Trinajstić information content (AvgIpc) is 2.60. The molecule has 0 saturated carbocycles. The van der Waals surface area contributed by atoms with Crippen LogP contribution < -0.4 is 0 Å². The molecule has 0 aromatic carbocycles. The number of aliphatic hydroxyl groups is 1. The van der Waals surface area contributed by atoms with Crippen LogP contribution in [0.25, 0.3) is 0 Å². The van der Waals surface area contributed by atoms with Gasteiger partial charge in [-0.2, -0.15) is 0 Å². The summed E-state index contributed by atoms with van der Waals surface area (Å²) in [5, 5.41) is 10.7. The summed E-state index contributed by atoms with van der Waals surface area (Å²) in [5.74, 6) is 0.0467. The Hall–Kier alpha value is -1.35. The van der Waals surface area contributed by atoms with Gasteiger partial charge in [0, 0.05) is 16.6 Å². The van der Waals surface area contributed by atoms with Crippen LogP contribution >= 0.6 is 0 Å². The van der Waals surface area contributed by atoms with Crippen molar-refractivity contribution in [2.45, 2.75) is 39.4 Å². The quantitative estimate of drug-likeness (QED) is 0.666. The molecule has 0 aromatic heterocycles. The highest BCUT2D eigenvalue weighted by molar-refractivity contribution is 5.92. The zero-order chi connectivity index (χ0) is 13.1. The summed E-state index contributed by atoms with van der Waals surface area (Å²) in [6.07, 6.45) is 6.13. The van der Waals surface area contributed by atoms with Gasteiger partial charge in [-0.3, -0.25) is 0 Å². The highest BCUT2D eigenvalue weighted by atomic mass is 16.5. The minimum absolute atomic E-state index is 0.301. The molecule has 0 aromatic rings. The Balaban J connectivity index is 2.19. The summed E-state index contributed by atoms with van der Waals surface area (Å²) in [6, 6.07) is 0. The van der Waals surface area contributed by atoms with E-state index in [-0.39, 0.29) is 17.5 Å². The van der Waals surface area contributed by atoms with Crippen molar-refractivity contribution in [2.24, 2.45) is 11.3 Å². The number of allylic oxidation sites excluding steroid dienone is 2. The second-order valence-corrected chi connectivity index (χ2v) is 5.75. The van der Waals surface area contributed by atoms with Crippen LogP contribution in [-0.2, 0) is 9.53 Å². The molecule has 3 rings (SSSR count). The van der Waals surface area contributed by atoms with Gasteiger partial charge in [-0.1, -0.05) is 26.0 Å². The molecule has 3 nitrogen and oxygen atoms in total. The van der Waals surface area contributed by atoms with Gasteiger partial charge in [0.25, 0.3) is 0 Å². The molecule has 18 heavy (non-hydrogen) atoms. The number of fused-ring (bicyclic) bond motifs is 2. The van der Waals surface area contributed by atoms with Gasteiger partial charge < -0.3 is 9.84 Å².